The van der Waals surface area contributed by atoms with Gasteiger partial charge in [-0.15, -0.1) is 0 Å². The van der Waals surface area contributed by atoms with Crippen LogP contribution in [0.1, 0.15) is 6.92 Å². The number of halogens is 1. The second kappa shape index (κ2) is 6.05. The molecule has 22 heavy (non-hydrogen) atoms. The van der Waals surface area contributed by atoms with Crippen LogP contribution in [0.3, 0.4) is 0 Å². The van der Waals surface area contributed by atoms with E-state index in [1.165, 1.54) is 31.2 Å². The van der Waals surface area contributed by atoms with Gasteiger partial charge >= 0.3 is 0 Å². The molecule has 0 spiro atoms. The van der Waals surface area contributed by atoms with E-state index in [2.05, 4.69) is 4.72 Å². The number of anilines is 1. The number of hydrogen-bond acceptors (Lipinski definition) is 4. The van der Waals surface area contributed by atoms with Crippen LogP contribution in [0.4, 0.5) is 10.1 Å². The number of hydrogen-bond donors (Lipinski definition) is 1. The molecule has 8 heteroatoms. The lowest BCUT2D eigenvalue weighted by atomic mass is 10.3. The molecule has 2 aromatic carbocycles. The average Bonchev–Trinajstić information content (AvgIpc) is 2.48. The topological polar surface area (TPSA) is 80.3 Å². The van der Waals surface area contributed by atoms with E-state index in [1.54, 1.807) is 0 Å². The van der Waals surface area contributed by atoms with Gasteiger partial charge in [0.05, 0.1) is 15.5 Å². The fourth-order valence-corrected chi connectivity index (χ4v) is 3.67. The van der Waals surface area contributed by atoms with Crippen molar-refractivity contribution in [2.24, 2.45) is 0 Å². The standard InChI is InChI=1S/C14H14FNO4S2/c1-2-21(17,18)13-9-5-12(6-10-13)16-22(19,20)14-7-3-11(15)4-8-14/h3-10,16H,2H2,1H3. The predicted molar refractivity (Wildman–Crippen MR) is 81.4 cm³/mol. The summed E-state index contributed by atoms with van der Waals surface area (Å²) in [5.41, 5.74) is 0.222. The van der Waals surface area contributed by atoms with Gasteiger partial charge in [0.1, 0.15) is 5.82 Å². The van der Waals surface area contributed by atoms with E-state index < -0.39 is 25.7 Å². The molecule has 0 saturated carbocycles. The molecule has 0 saturated heterocycles. The van der Waals surface area contributed by atoms with E-state index in [1.807, 2.05) is 0 Å². The zero-order valence-electron chi connectivity index (χ0n) is 11.7. The molecule has 0 aliphatic carbocycles. The van der Waals surface area contributed by atoms with Crippen LogP contribution in [-0.4, -0.2) is 22.6 Å². The lowest BCUT2D eigenvalue weighted by Crippen LogP contribution is -2.13. The Labute approximate surface area is 128 Å². The van der Waals surface area contributed by atoms with Crippen molar-refractivity contribution in [3.8, 4) is 0 Å². The van der Waals surface area contributed by atoms with E-state index in [9.17, 15) is 21.2 Å². The zero-order chi connectivity index (χ0) is 16.4. The Morgan fingerprint density at radius 2 is 1.36 bits per heavy atom. The fourth-order valence-electron chi connectivity index (χ4n) is 1.72. The molecule has 1 N–H and O–H groups in total. The minimum atomic E-state index is -3.85. The van der Waals surface area contributed by atoms with Gasteiger partial charge < -0.3 is 0 Å². The van der Waals surface area contributed by atoms with Crippen molar-refractivity contribution in [2.45, 2.75) is 16.7 Å². The highest BCUT2D eigenvalue weighted by Gasteiger charge is 2.15. The minimum absolute atomic E-state index is 0.0341. The molecule has 0 heterocycles. The Kier molecular flexibility index (Phi) is 4.52. The Morgan fingerprint density at radius 1 is 0.864 bits per heavy atom. The maximum absolute atomic E-state index is 12.8. The molecule has 0 aliphatic rings. The lowest BCUT2D eigenvalue weighted by Gasteiger charge is -2.09. The summed E-state index contributed by atoms with van der Waals surface area (Å²) in [4.78, 5) is 0.0406. The monoisotopic (exact) mass is 343 g/mol. The van der Waals surface area contributed by atoms with E-state index >= 15 is 0 Å². The van der Waals surface area contributed by atoms with Crippen LogP contribution in [0, 0.1) is 5.82 Å². The second-order valence-electron chi connectivity index (χ2n) is 4.49. The Hall–Kier alpha value is -1.93. The van der Waals surface area contributed by atoms with Crippen LogP contribution in [0.2, 0.25) is 0 Å². The summed E-state index contributed by atoms with van der Waals surface area (Å²) < 4.78 is 62.7. The largest absolute Gasteiger partial charge is 0.280 e. The van der Waals surface area contributed by atoms with Crippen LogP contribution in [-0.2, 0) is 19.9 Å². The number of benzene rings is 2. The first-order valence-corrected chi connectivity index (χ1v) is 9.49. The highest BCUT2D eigenvalue weighted by Crippen LogP contribution is 2.19. The van der Waals surface area contributed by atoms with Gasteiger partial charge in [0.15, 0.2) is 9.84 Å². The summed E-state index contributed by atoms with van der Waals surface area (Å²) in [5.74, 6) is -0.568. The first kappa shape index (κ1) is 16.4. The average molecular weight is 343 g/mol. The van der Waals surface area contributed by atoms with Crippen molar-refractivity contribution in [1.29, 1.82) is 0 Å². The summed E-state index contributed by atoms with van der Waals surface area (Å²) in [7, 11) is -7.18. The Balaban J connectivity index is 2.25. The highest BCUT2D eigenvalue weighted by molar-refractivity contribution is 7.92. The van der Waals surface area contributed by atoms with Crippen molar-refractivity contribution in [1.82, 2.24) is 0 Å². The Morgan fingerprint density at radius 3 is 1.86 bits per heavy atom. The van der Waals surface area contributed by atoms with Gasteiger partial charge in [-0.25, -0.2) is 21.2 Å². The fraction of sp³-hybridized carbons (Fsp3) is 0.143. The van der Waals surface area contributed by atoms with Crippen molar-refractivity contribution in [3.63, 3.8) is 0 Å². The van der Waals surface area contributed by atoms with Gasteiger partial charge in [-0.3, -0.25) is 4.72 Å². The normalized spacial score (nSPS) is 12.1. The highest BCUT2D eigenvalue weighted by atomic mass is 32.2. The quantitative estimate of drug-likeness (QED) is 0.904. The second-order valence-corrected chi connectivity index (χ2v) is 8.45. The summed E-state index contributed by atoms with van der Waals surface area (Å²) in [6.07, 6.45) is 0. The number of sulfone groups is 1. The molecule has 0 unspecified atom stereocenters. The van der Waals surface area contributed by atoms with Gasteiger partial charge in [0.2, 0.25) is 0 Å². The summed E-state index contributed by atoms with van der Waals surface area (Å²) in [5, 5.41) is 0. The maximum Gasteiger partial charge on any atom is 0.261 e. The van der Waals surface area contributed by atoms with E-state index in [0.717, 1.165) is 24.3 Å². The molecule has 0 aliphatic heterocycles. The third-order valence-electron chi connectivity index (χ3n) is 2.97. The van der Waals surface area contributed by atoms with E-state index in [4.69, 9.17) is 0 Å². The molecule has 0 amide bonds. The van der Waals surface area contributed by atoms with Gasteiger partial charge in [-0.2, -0.15) is 0 Å². The molecule has 0 atom stereocenters. The van der Waals surface area contributed by atoms with Gasteiger partial charge in [-0.05, 0) is 48.5 Å². The number of nitrogens with one attached hydrogen (secondary N) is 1. The van der Waals surface area contributed by atoms with Crippen molar-refractivity contribution < 1.29 is 21.2 Å². The first-order valence-electron chi connectivity index (χ1n) is 6.36. The zero-order valence-corrected chi connectivity index (χ0v) is 13.3. The molecule has 118 valence electrons. The SMILES string of the molecule is CCS(=O)(=O)c1ccc(NS(=O)(=O)c2ccc(F)cc2)cc1. The van der Waals surface area contributed by atoms with Crippen molar-refractivity contribution >= 4 is 25.5 Å². The van der Waals surface area contributed by atoms with Crippen LogP contribution in [0.25, 0.3) is 0 Å². The van der Waals surface area contributed by atoms with Crippen LogP contribution >= 0.6 is 0 Å². The summed E-state index contributed by atoms with van der Waals surface area (Å²) >= 11 is 0. The van der Waals surface area contributed by atoms with Crippen LogP contribution in [0.15, 0.2) is 58.3 Å². The molecule has 0 aromatic heterocycles. The first-order chi connectivity index (χ1) is 10.2. The predicted octanol–water partition coefficient (Wildman–Crippen LogP) is 2.42. The molecule has 0 radical (unpaired) electrons. The number of sulfonamides is 1. The molecule has 2 rings (SSSR count). The van der Waals surface area contributed by atoms with Crippen molar-refractivity contribution in [2.75, 3.05) is 10.5 Å². The molecule has 0 fully saturated rings. The van der Waals surface area contributed by atoms with Gasteiger partial charge in [-0.1, -0.05) is 6.92 Å². The molecular weight excluding hydrogens is 329 g/mol. The molecule has 5 nitrogen and oxygen atoms in total. The Bertz CT molecular complexity index is 858. The van der Waals surface area contributed by atoms with E-state index in [-0.39, 0.29) is 21.2 Å². The lowest BCUT2D eigenvalue weighted by molar-refractivity contribution is 0.596. The summed E-state index contributed by atoms with van der Waals surface area (Å²) in [6.45, 7) is 1.53. The molecular formula is C14H14FNO4S2. The molecule has 0 bridgehead atoms. The number of rotatable bonds is 5. The van der Waals surface area contributed by atoms with E-state index in [0.29, 0.717) is 0 Å². The smallest absolute Gasteiger partial charge is 0.261 e. The van der Waals surface area contributed by atoms with Gasteiger partial charge in [0.25, 0.3) is 10.0 Å². The maximum atomic E-state index is 12.8. The molecule has 2 aromatic rings. The third-order valence-corrected chi connectivity index (χ3v) is 6.12. The van der Waals surface area contributed by atoms with Crippen molar-refractivity contribution in [3.05, 3.63) is 54.3 Å². The summed E-state index contributed by atoms with van der Waals surface area (Å²) in [6, 6.07) is 9.79. The third kappa shape index (κ3) is 3.63. The van der Waals surface area contributed by atoms with Crippen LogP contribution in [0.5, 0.6) is 0 Å². The minimum Gasteiger partial charge on any atom is -0.280 e. The van der Waals surface area contributed by atoms with Gasteiger partial charge in [0, 0.05) is 5.69 Å². The van der Waals surface area contributed by atoms with Crippen LogP contribution < -0.4 is 4.72 Å².